The summed E-state index contributed by atoms with van der Waals surface area (Å²) in [6.07, 6.45) is 4.60. The van der Waals surface area contributed by atoms with Gasteiger partial charge in [-0.25, -0.2) is 4.98 Å². The molecule has 3 heterocycles. The summed E-state index contributed by atoms with van der Waals surface area (Å²) in [5.41, 5.74) is 3.44. The molecule has 6 nitrogen and oxygen atoms in total. The lowest BCUT2D eigenvalue weighted by molar-refractivity contribution is -0.138. The lowest BCUT2D eigenvalue weighted by atomic mass is 9.96. The number of fused-ring (bicyclic) bond motifs is 1. The van der Waals surface area contributed by atoms with E-state index in [2.05, 4.69) is 22.3 Å². The SMILES string of the molecule is O=C(O)C[C@H](CO[C@@H]1CCCN(Cc2ccc3c(n2)NCCC3)C1)c1ccccc1. The molecule has 0 bridgehead atoms. The van der Waals surface area contributed by atoms with Crippen molar-refractivity contribution in [3.63, 3.8) is 0 Å². The molecule has 1 fully saturated rings. The molecule has 0 saturated carbocycles. The van der Waals surface area contributed by atoms with Gasteiger partial charge in [0, 0.05) is 25.6 Å². The van der Waals surface area contributed by atoms with Crippen LogP contribution in [-0.4, -0.2) is 53.3 Å². The Morgan fingerprint density at radius 3 is 2.93 bits per heavy atom. The third kappa shape index (κ3) is 5.58. The van der Waals surface area contributed by atoms with E-state index in [1.54, 1.807) is 0 Å². The summed E-state index contributed by atoms with van der Waals surface area (Å²) >= 11 is 0. The summed E-state index contributed by atoms with van der Waals surface area (Å²) in [6, 6.07) is 14.2. The summed E-state index contributed by atoms with van der Waals surface area (Å²) in [6.45, 7) is 4.17. The molecule has 1 aromatic heterocycles. The van der Waals surface area contributed by atoms with Crippen LogP contribution in [0.2, 0.25) is 0 Å². The highest BCUT2D eigenvalue weighted by molar-refractivity contribution is 5.68. The molecule has 0 amide bonds. The van der Waals surface area contributed by atoms with Gasteiger partial charge < -0.3 is 15.2 Å². The normalized spacial score (nSPS) is 20.2. The number of pyridine rings is 1. The van der Waals surface area contributed by atoms with Gasteiger partial charge in [0.05, 0.1) is 24.8 Å². The number of aliphatic carboxylic acids is 1. The van der Waals surface area contributed by atoms with Crippen LogP contribution >= 0.6 is 0 Å². The number of nitrogens with zero attached hydrogens (tertiary/aromatic N) is 2. The number of carbonyl (C=O) groups is 1. The molecule has 160 valence electrons. The minimum atomic E-state index is -0.787. The summed E-state index contributed by atoms with van der Waals surface area (Å²) in [5.74, 6) is 0.139. The first kappa shape index (κ1) is 20.8. The molecule has 2 N–H and O–H groups in total. The lowest BCUT2D eigenvalue weighted by Gasteiger charge is -2.33. The summed E-state index contributed by atoms with van der Waals surface area (Å²) in [7, 11) is 0. The third-order valence-corrected chi connectivity index (χ3v) is 6.02. The maximum absolute atomic E-state index is 11.3. The van der Waals surface area contributed by atoms with E-state index in [1.165, 1.54) is 12.0 Å². The number of piperidine rings is 1. The Morgan fingerprint density at radius 1 is 1.23 bits per heavy atom. The number of likely N-dealkylation sites (tertiary alicyclic amines) is 1. The van der Waals surface area contributed by atoms with Gasteiger partial charge in [-0.15, -0.1) is 0 Å². The van der Waals surface area contributed by atoms with Crippen molar-refractivity contribution in [1.29, 1.82) is 0 Å². The molecule has 4 rings (SSSR count). The van der Waals surface area contributed by atoms with Crippen LogP contribution in [0.15, 0.2) is 42.5 Å². The maximum atomic E-state index is 11.3. The van der Waals surface area contributed by atoms with Crippen molar-refractivity contribution < 1.29 is 14.6 Å². The van der Waals surface area contributed by atoms with Crippen LogP contribution in [0.25, 0.3) is 0 Å². The fourth-order valence-electron chi connectivity index (χ4n) is 4.44. The zero-order chi connectivity index (χ0) is 20.8. The number of nitrogens with one attached hydrogen (secondary N) is 1. The largest absolute Gasteiger partial charge is 0.481 e. The summed E-state index contributed by atoms with van der Waals surface area (Å²) in [4.78, 5) is 18.5. The molecular weight excluding hydrogens is 378 g/mol. The van der Waals surface area contributed by atoms with Gasteiger partial charge in [-0.1, -0.05) is 36.4 Å². The fourth-order valence-corrected chi connectivity index (χ4v) is 4.44. The van der Waals surface area contributed by atoms with Crippen LogP contribution in [0, 0.1) is 0 Å². The number of hydrogen-bond donors (Lipinski definition) is 2. The molecule has 0 aliphatic carbocycles. The van der Waals surface area contributed by atoms with Gasteiger partial charge in [0.1, 0.15) is 5.82 Å². The van der Waals surface area contributed by atoms with Crippen molar-refractivity contribution in [2.24, 2.45) is 0 Å². The van der Waals surface area contributed by atoms with Gasteiger partial charge in [0.25, 0.3) is 0 Å². The van der Waals surface area contributed by atoms with Gasteiger partial charge in [-0.3, -0.25) is 9.69 Å². The van der Waals surface area contributed by atoms with Gasteiger partial charge in [-0.05, 0) is 49.4 Å². The first-order valence-corrected chi connectivity index (χ1v) is 11.0. The Balaban J connectivity index is 1.32. The molecule has 0 spiro atoms. The van der Waals surface area contributed by atoms with E-state index in [-0.39, 0.29) is 18.4 Å². The highest BCUT2D eigenvalue weighted by Crippen LogP contribution is 2.24. The van der Waals surface area contributed by atoms with Crippen LogP contribution in [0.4, 0.5) is 5.82 Å². The maximum Gasteiger partial charge on any atom is 0.304 e. The molecule has 2 aromatic rings. The van der Waals surface area contributed by atoms with Crippen molar-refractivity contribution in [2.45, 2.75) is 50.7 Å². The number of carboxylic acid groups (broad SMARTS) is 1. The highest BCUT2D eigenvalue weighted by atomic mass is 16.5. The average Bonchev–Trinajstić information content (AvgIpc) is 2.77. The number of anilines is 1. The smallest absolute Gasteiger partial charge is 0.304 e. The Hall–Kier alpha value is -2.44. The van der Waals surface area contributed by atoms with Crippen LogP contribution in [-0.2, 0) is 22.5 Å². The van der Waals surface area contributed by atoms with Gasteiger partial charge in [0.15, 0.2) is 0 Å². The van der Waals surface area contributed by atoms with Crippen molar-refractivity contribution in [1.82, 2.24) is 9.88 Å². The molecule has 2 aliphatic heterocycles. The van der Waals surface area contributed by atoms with Gasteiger partial charge in [-0.2, -0.15) is 0 Å². The van der Waals surface area contributed by atoms with Crippen molar-refractivity contribution in [2.75, 3.05) is 31.6 Å². The molecule has 1 aromatic carbocycles. The van der Waals surface area contributed by atoms with Crippen LogP contribution in [0.5, 0.6) is 0 Å². The Labute approximate surface area is 178 Å². The van der Waals surface area contributed by atoms with E-state index in [4.69, 9.17) is 9.72 Å². The van der Waals surface area contributed by atoms with Crippen LogP contribution in [0.3, 0.4) is 0 Å². The summed E-state index contributed by atoms with van der Waals surface area (Å²) in [5, 5.41) is 12.7. The van der Waals surface area contributed by atoms with E-state index in [1.807, 2.05) is 30.3 Å². The third-order valence-electron chi connectivity index (χ3n) is 6.02. The predicted molar refractivity (Wildman–Crippen MR) is 117 cm³/mol. The average molecular weight is 410 g/mol. The zero-order valence-electron chi connectivity index (χ0n) is 17.4. The highest BCUT2D eigenvalue weighted by Gasteiger charge is 2.24. The predicted octanol–water partition coefficient (Wildman–Crippen LogP) is 3.68. The zero-order valence-corrected chi connectivity index (χ0v) is 17.4. The molecule has 6 heteroatoms. The van der Waals surface area contributed by atoms with Crippen molar-refractivity contribution in [3.8, 4) is 0 Å². The van der Waals surface area contributed by atoms with E-state index >= 15 is 0 Å². The second kappa shape index (κ2) is 10.0. The van der Waals surface area contributed by atoms with Gasteiger partial charge >= 0.3 is 5.97 Å². The fraction of sp³-hybridized carbons (Fsp3) is 0.500. The lowest BCUT2D eigenvalue weighted by Crippen LogP contribution is -2.40. The topological polar surface area (TPSA) is 74.7 Å². The quantitative estimate of drug-likeness (QED) is 0.693. The number of ether oxygens (including phenoxy) is 1. The second-order valence-electron chi connectivity index (χ2n) is 8.38. The molecule has 0 unspecified atom stereocenters. The number of rotatable bonds is 8. The van der Waals surface area contributed by atoms with Crippen LogP contribution in [0.1, 0.15) is 48.4 Å². The number of aryl methyl sites for hydroxylation is 1. The van der Waals surface area contributed by atoms with E-state index in [9.17, 15) is 9.90 Å². The molecular formula is C24H31N3O3. The van der Waals surface area contributed by atoms with Gasteiger partial charge in [0.2, 0.25) is 0 Å². The number of benzene rings is 1. The van der Waals surface area contributed by atoms with E-state index in [0.29, 0.717) is 6.61 Å². The van der Waals surface area contributed by atoms with E-state index < -0.39 is 5.97 Å². The number of hydrogen-bond acceptors (Lipinski definition) is 5. The van der Waals surface area contributed by atoms with Crippen molar-refractivity contribution in [3.05, 3.63) is 59.3 Å². The minimum Gasteiger partial charge on any atom is -0.481 e. The number of carboxylic acids is 1. The van der Waals surface area contributed by atoms with Crippen molar-refractivity contribution >= 4 is 11.8 Å². The molecule has 2 atom stereocenters. The first-order chi connectivity index (χ1) is 14.7. The second-order valence-corrected chi connectivity index (χ2v) is 8.38. The molecule has 30 heavy (non-hydrogen) atoms. The Bertz CT molecular complexity index is 843. The first-order valence-electron chi connectivity index (χ1n) is 11.0. The molecule has 2 aliphatic rings. The molecule has 1 saturated heterocycles. The monoisotopic (exact) mass is 409 g/mol. The van der Waals surface area contributed by atoms with Crippen LogP contribution < -0.4 is 5.32 Å². The number of aromatic nitrogens is 1. The standard InChI is InChI=1S/C24H31N3O3/c28-23(29)14-20(18-6-2-1-3-7-18)17-30-22-9-5-13-27(16-22)15-21-11-10-19-8-4-12-25-24(19)26-21/h1-3,6-7,10-11,20,22H,4-5,8-9,12-17H2,(H,25,26)(H,28,29)/t20-,22-/m1/s1. The molecule has 0 radical (unpaired) electrons. The Morgan fingerprint density at radius 2 is 2.10 bits per heavy atom. The summed E-state index contributed by atoms with van der Waals surface area (Å²) < 4.78 is 6.22. The van der Waals surface area contributed by atoms with E-state index in [0.717, 1.165) is 62.5 Å². The minimum absolute atomic E-state index is 0.0898. The Kier molecular flexibility index (Phi) is 6.97.